The lowest BCUT2D eigenvalue weighted by molar-refractivity contribution is -0.139. The van der Waals surface area contributed by atoms with Crippen molar-refractivity contribution in [1.82, 2.24) is 29.7 Å². The molecule has 3 aliphatic heterocycles. The summed E-state index contributed by atoms with van der Waals surface area (Å²) >= 11 is 0. The molecule has 0 radical (unpaired) electrons. The maximum atomic E-state index is 14.3. The number of nitrogens with zero attached hydrogens (tertiary/aromatic N) is 5. The van der Waals surface area contributed by atoms with Gasteiger partial charge in [-0.15, -0.1) is 0 Å². The van der Waals surface area contributed by atoms with Crippen LogP contribution in [0.2, 0.25) is 0 Å². The van der Waals surface area contributed by atoms with Gasteiger partial charge in [0.1, 0.15) is 17.1 Å². The maximum Gasteiger partial charge on any atom is 0.416 e. The number of H-pyrrole nitrogens is 1. The molecule has 0 saturated carbocycles. The van der Waals surface area contributed by atoms with Crippen molar-refractivity contribution in [3.05, 3.63) is 82.4 Å². The summed E-state index contributed by atoms with van der Waals surface area (Å²) in [5, 5.41) is 0.887. The molecule has 3 aromatic heterocycles. The number of hydrogen-bond acceptors (Lipinski definition) is 7. The minimum absolute atomic E-state index is 0.0115. The van der Waals surface area contributed by atoms with Crippen molar-refractivity contribution >= 4 is 16.9 Å². The summed E-state index contributed by atoms with van der Waals surface area (Å²) in [6.07, 6.45) is 1.51. The van der Waals surface area contributed by atoms with Gasteiger partial charge in [-0.05, 0) is 66.8 Å². The molecule has 1 aromatic carbocycles. The number of alkyl halides is 3. The van der Waals surface area contributed by atoms with E-state index < -0.39 is 11.7 Å². The Balaban J connectivity index is 1.06. The van der Waals surface area contributed by atoms with Crippen LogP contribution in [0, 0.1) is 0 Å². The summed E-state index contributed by atoms with van der Waals surface area (Å²) in [6, 6.07) is 10.3. The van der Waals surface area contributed by atoms with Crippen LogP contribution in [0.15, 0.2) is 48.8 Å². The number of fused-ring (bicyclic) bond motifs is 2. The highest BCUT2D eigenvalue weighted by molar-refractivity contribution is 5.84. The highest BCUT2D eigenvalue weighted by atomic mass is 19.4. The van der Waals surface area contributed by atoms with Crippen LogP contribution in [0.1, 0.15) is 78.6 Å². The maximum absolute atomic E-state index is 14.3. The molecule has 4 aromatic rings. The third kappa shape index (κ3) is 7.52. The summed E-state index contributed by atoms with van der Waals surface area (Å²) < 4.78 is 54.7. The summed E-state index contributed by atoms with van der Waals surface area (Å²) in [6.45, 7) is 10.8. The van der Waals surface area contributed by atoms with Gasteiger partial charge in [0.15, 0.2) is 0 Å². The van der Waals surface area contributed by atoms with Gasteiger partial charge in [0, 0.05) is 82.8 Å². The molecular formula is C38H45F3N6O3. The highest BCUT2D eigenvalue weighted by Gasteiger charge is 2.35. The lowest BCUT2D eigenvalue weighted by Crippen LogP contribution is -2.45. The summed E-state index contributed by atoms with van der Waals surface area (Å²) in [5.74, 6) is 1.40. The molecule has 50 heavy (non-hydrogen) atoms. The second-order valence-electron chi connectivity index (χ2n) is 13.8. The van der Waals surface area contributed by atoms with Crippen LogP contribution in [0.5, 0.6) is 11.5 Å². The van der Waals surface area contributed by atoms with E-state index in [-0.39, 0.29) is 30.4 Å². The van der Waals surface area contributed by atoms with Crippen molar-refractivity contribution in [2.75, 3.05) is 52.5 Å². The molecule has 0 bridgehead atoms. The fourth-order valence-electron chi connectivity index (χ4n) is 7.58. The summed E-state index contributed by atoms with van der Waals surface area (Å²) in [7, 11) is 0. The lowest BCUT2D eigenvalue weighted by Gasteiger charge is -2.34. The molecule has 9 nitrogen and oxygen atoms in total. The number of piperazine rings is 1. The first-order chi connectivity index (χ1) is 24.2. The molecular weight excluding hydrogens is 645 g/mol. The Bertz CT molecular complexity index is 1810. The first kappa shape index (κ1) is 34.4. The molecule has 1 atom stereocenters. The topological polar surface area (TPSA) is 86.8 Å². The van der Waals surface area contributed by atoms with Crippen LogP contribution >= 0.6 is 0 Å². The van der Waals surface area contributed by atoms with Crippen LogP contribution in [0.25, 0.3) is 11.0 Å². The summed E-state index contributed by atoms with van der Waals surface area (Å²) in [5.41, 5.74) is 3.65. The van der Waals surface area contributed by atoms with Crippen LogP contribution in [0.3, 0.4) is 0 Å². The Morgan fingerprint density at radius 3 is 2.54 bits per heavy atom. The second-order valence-corrected chi connectivity index (χ2v) is 13.8. The smallest absolute Gasteiger partial charge is 0.416 e. The van der Waals surface area contributed by atoms with Gasteiger partial charge in [-0.1, -0.05) is 26.0 Å². The third-order valence-electron chi connectivity index (χ3n) is 10.6. The SMILES string of the molecule is CCC1CN(C(=O)Cc2ccc(CN3CCN(CC)CC3)c(C(F)(F)F)c2)Cc2cc(Oc3ccnc4[nH]c(C5CCOCC5)cc34)cnc21. The number of carbonyl (C=O) groups is 1. The zero-order valence-corrected chi connectivity index (χ0v) is 28.8. The van der Waals surface area contributed by atoms with Crippen LogP contribution in [0.4, 0.5) is 13.2 Å². The molecule has 266 valence electrons. The molecule has 6 heterocycles. The zero-order chi connectivity index (χ0) is 34.8. The number of nitrogens with one attached hydrogen (secondary N) is 1. The Morgan fingerprint density at radius 2 is 1.80 bits per heavy atom. The van der Waals surface area contributed by atoms with Crippen molar-refractivity contribution < 1.29 is 27.4 Å². The number of halogens is 3. The molecule has 0 spiro atoms. The van der Waals surface area contributed by atoms with E-state index in [9.17, 15) is 18.0 Å². The number of rotatable bonds is 9. The predicted octanol–water partition coefficient (Wildman–Crippen LogP) is 6.88. The van der Waals surface area contributed by atoms with E-state index in [2.05, 4.69) is 39.7 Å². The molecule has 12 heteroatoms. The van der Waals surface area contributed by atoms with Crippen molar-refractivity contribution in [2.24, 2.45) is 0 Å². The fourth-order valence-corrected chi connectivity index (χ4v) is 7.58. The average molecular weight is 691 g/mol. The number of pyridine rings is 2. The van der Waals surface area contributed by atoms with Gasteiger partial charge in [-0.2, -0.15) is 13.2 Å². The molecule has 0 aliphatic carbocycles. The Kier molecular flexibility index (Phi) is 10.1. The number of aromatic nitrogens is 3. The van der Waals surface area contributed by atoms with E-state index in [1.165, 1.54) is 6.07 Å². The lowest BCUT2D eigenvalue weighted by atomic mass is 9.92. The molecule has 1 unspecified atom stereocenters. The van der Waals surface area contributed by atoms with Gasteiger partial charge in [0.05, 0.1) is 29.3 Å². The molecule has 7 rings (SSSR count). The van der Waals surface area contributed by atoms with Crippen LogP contribution in [-0.4, -0.2) is 88.0 Å². The zero-order valence-electron chi connectivity index (χ0n) is 28.8. The standard InChI is InChI=1S/C38H45F3N6O3/c1-3-26-23-47(35(48)18-25-5-6-28(32(17-25)38(39,40)41)22-46-13-11-45(4-2)12-14-46)24-29-19-30(21-43-36(26)29)50-34-7-10-42-37-31(34)20-33(44-37)27-8-15-49-16-9-27/h5-7,10,17,19-21,26-27H,3-4,8-9,11-16,18,22-24H2,1-2H3,(H,42,44). The Hall–Kier alpha value is -4.00. The van der Waals surface area contributed by atoms with Crippen LogP contribution < -0.4 is 4.74 Å². The number of aromatic amines is 1. The minimum Gasteiger partial charge on any atom is -0.455 e. The van der Waals surface area contributed by atoms with Crippen molar-refractivity contribution in [2.45, 2.75) is 70.6 Å². The normalized spacial score (nSPS) is 19.5. The second kappa shape index (κ2) is 14.7. The molecule has 3 aliphatic rings. The van der Waals surface area contributed by atoms with Crippen molar-refractivity contribution in [1.29, 1.82) is 0 Å². The minimum atomic E-state index is -4.51. The first-order valence-corrected chi connectivity index (χ1v) is 17.8. The fraction of sp³-hybridized carbons (Fsp3) is 0.500. The largest absolute Gasteiger partial charge is 0.455 e. The molecule has 2 fully saturated rings. The van der Waals surface area contributed by atoms with E-state index in [4.69, 9.17) is 14.5 Å². The molecule has 1 amide bonds. The van der Waals surface area contributed by atoms with Gasteiger partial charge in [0.2, 0.25) is 5.91 Å². The molecule has 2 saturated heterocycles. The number of carbonyl (C=O) groups excluding carboxylic acids is 1. The van der Waals surface area contributed by atoms with Gasteiger partial charge >= 0.3 is 6.18 Å². The average Bonchev–Trinajstić information content (AvgIpc) is 3.57. The Morgan fingerprint density at radius 1 is 1.02 bits per heavy atom. The van der Waals surface area contributed by atoms with Crippen LogP contribution in [-0.2, 0) is 35.2 Å². The molecule has 1 N–H and O–H groups in total. The monoisotopic (exact) mass is 690 g/mol. The van der Waals surface area contributed by atoms with Gasteiger partial charge in [-0.25, -0.2) is 4.98 Å². The highest BCUT2D eigenvalue weighted by Crippen LogP contribution is 2.37. The number of hydrogen-bond donors (Lipinski definition) is 1. The van der Waals surface area contributed by atoms with Gasteiger partial charge in [-0.3, -0.25) is 14.7 Å². The van der Waals surface area contributed by atoms with E-state index in [0.717, 1.165) is 93.2 Å². The Labute approximate surface area is 290 Å². The van der Waals surface area contributed by atoms with E-state index in [0.29, 0.717) is 36.1 Å². The van der Waals surface area contributed by atoms with E-state index in [1.54, 1.807) is 29.4 Å². The third-order valence-corrected chi connectivity index (χ3v) is 10.6. The number of amides is 1. The summed E-state index contributed by atoms with van der Waals surface area (Å²) in [4.78, 5) is 32.5. The van der Waals surface area contributed by atoms with Gasteiger partial charge < -0.3 is 24.3 Å². The number of benzene rings is 1. The first-order valence-electron chi connectivity index (χ1n) is 17.8. The van der Waals surface area contributed by atoms with E-state index in [1.807, 2.05) is 12.1 Å². The number of ether oxygens (including phenoxy) is 2. The number of likely N-dealkylation sites (N-methyl/N-ethyl adjacent to an activating group) is 1. The predicted molar refractivity (Wildman–Crippen MR) is 184 cm³/mol. The van der Waals surface area contributed by atoms with Gasteiger partial charge in [0.25, 0.3) is 0 Å². The van der Waals surface area contributed by atoms with Crippen molar-refractivity contribution in [3.63, 3.8) is 0 Å². The van der Waals surface area contributed by atoms with Crippen molar-refractivity contribution in [3.8, 4) is 11.5 Å². The quantitative estimate of drug-likeness (QED) is 0.205. The van der Waals surface area contributed by atoms with E-state index >= 15 is 0 Å².